The lowest BCUT2D eigenvalue weighted by Gasteiger charge is -2.25. The van der Waals surface area contributed by atoms with Crippen LogP contribution in [0.25, 0.3) is 11.0 Å². The van der Waals surface area contributed by atoms with E-state index < -0.39 is 0 Å². The molecule has 0 aliphatic heterocycles. The molecule has 6 nitrogen and oxygen atoms in total. The molecule has 0 saturated heterocycles. The summed E-state index contributed by atoms with van der Waals surface area (Å²) in [6.07, 6.45) is 2.51. The van der Waals surface area contributed by atoms with Gasteiger partial charge >= 0.3 is 6.03 Å². The average Bonchev–Trinajstić information content (AvgIpc) is 2.95. The summed E-state index contributed by atoms with van der Waals surface area (Å²) in [5.74, 6) is 0.856. The zero-order valence-electron chi connectivity index (χ0n) is 15.0. The maximum absolute atomic E-state index is 12.5. The number of aromatic amines is 1. The molecule has 2 amide bonds. The molecule has 1 atom stereocenters. The number of hydrogen-bond acceptors (Lipinski definition) is 3. The highest BCUT2D eigenvalue weighted by Crippen LogP contribution is 2.18. The van der Waals surface area contributed by atoms with Crippen LogP contribution in [0.15, 0.2) is 36.5 Å². The molecule has 2 N–H and O–H groups in total. The molecule has 0 bridgehead atoms. The topological polar surface area (TPSA) is 73.9 Å². The van der Waals surface area contributed by atoms with Gasteiger partial charge in [0.1, 0.15) is 5.82 Å². The third-order valence-electron chi connectivity index (χ3n) is 4.44. The first kappa shape index (κ1) is 17.0. The molecule has 0 spiro atoms. The van der Waals surface area contributed by atoms with Crippen molar-refractivity contribution in [3.8, 4) is 0 Å². The minimum absolute atomic E-state index is 0.0340. The summed E-state index contributed by atoms with van der Waals surface area (Å²) in [6.45, 7) is 5.97. The van der Waals surface area contributed by atoms with Crippen molar-refractivity contribution in [1.29, 1.82) is 0 Å². The quantitative estimate of drug-likeness (QED) is 0.763. The summed E-state index contributed by atoms with van der Waals surface area (Å²) in [7, 11) is 1.80. The number of carbonyl (C=O) groups is 1. The smallest absolute Gasteiger partial charge is 0.321 e. The van der Waals surface area contributed by atoms with Gasteiger partial charge in [-0.3, -0.25) is 4.98 Å². The fraction of sp³-hybridized carbons (Fsp3) is 0.316. The summed E-state index contributed by atoms with van der Waals surface area (Å²) in [5, 5.41) is 2.94. The number of benzene rings is 1. The Balaban J connectivity index is 1.67. The van der Waals surface area contributed by atoms with Gasteiger partial charge in [0.2, 0.25) is 0 Å². The molecule has 6 heteroatoms. The number of fused-ring (bicyclic) bond motifs is 1. The number of imidazole rings is 1. The second kappa shape index (κ2) is 6.93. The van der Waals surface area contributed by atoms with Crippen LogP contribution in [0.5, 0.6) is 0 Å². The van der Waals surface area contributed by atoms with Crippen molar-refractivity contribution in [2.24, 2.45) is 0 Å². The van der Waals surface area contributed by atoms with Crippen LogP contribution >= 0.6 is 0 Å². The standard InChI is InChI=1S/C19H23N5O/c1-12-6-5-9-20-17(12)10-13(2)24(4)19(25)23-15-7-8-16-18(11-15)22-14(3)21-16/h5-9,11,13H,10H2,1-4H3,(H,21,22)(H,23,25)/t13-/m1/s1. The van der Waals surface area contributed by atoms with E-state index in [-0.39, 0.29) is 12.1 Å². The lowest BCUT2D eigenvalue weighted by atomic mass is 10.1. The van der Waals surface area contributed by atoms with Crippen LogP contribution < -0.4 is 5.32 Å². The Bertz CT molecular complexity index is 902. The summed E-state index contributed by atoms with van der Waals surface area (Å²) in [5.41, 5.74) is 4.71. The van der Waals surface area contributed by atoms with Crippen LogP contribution in [0.4, 0.5) is 10.5 Å². The lowest BCUT2D eigenvalue weighted by Crippen LogP contribution is -2.39. The number of amides is 2. The molecule has 25 heavy (non-hydrogen) atoms. The number of aryl methyl sites for hydroxylation is 2. The third-order valence-corrected chi connectivity index (χ3v) is 4.44. The second-order valence-corrected chi connectivity index (χ2v) is 6.42. The Morgan fingerprint density at radius 1 is 1.32 bits per heavy atom. The number of nitrogens with one attached hydrogen (secondary N) is 2. The normalized spacial score (nSPS) is 12.2. The predicted molar refractivity (Wildman–Crippen MR) is 99.8 cm³/mol. The molecule has 0 fully saturated rings. The van der Waals surface area contributed by atoms with E-state index >= 15 is 0 Å². The van der Waals surface area contributed by atoms with Crippen molar-refractivity contribution < 1.29 is 4.79 Å². The molecule has 0 aliphatic rings. The van der Waals surface area contributed by atoms with E-state index in [0.29, 0.717) is 0 Å². The van der Waals surface area contributed by atoms with Crippen molar-refractivity contribution in [2.45, 2.75) is 33.2 Å². The van der Waals surface area contributed by atoms with Crippen LogP contribution in [-0.2, 0) is 6.42 Å². The number of carbonyl (C=O) groups excluding carboxylic acids is 1. The number of urea groups is 1. The Labute approximate surface area is 147 Å². The summed E-state index contributed by atoms with van der Waals surface area (Å²) < 4.78 is 0. The van der Waals surface area contributed by atoms with Crippen LogP contribution in [0.3, 0.4) is 0 Å². The number of aromatic nitrogens is 3. The number of hydrogen-bond donors (Lipinski definition) is 2. The van der Waals surface area contributed by atoms with Gasteiger partial charge in [0.15, 0.2) is 0 Å². The molecular formula is C19H23N5O. The highest BCUT2D eigenvalue weighted by Gasteiger charge is 2.17. The van der Waals surface area contributed by atoms with Crippen molar-refractivity contribution in [3.63, 3.8) is 0 Å². The number of H-pyrrole nitrogens is 1. The predicted octanol–water partition coefficient (Wildman–Crippen LogP) is 3.67. The molecule has 0 radical (unpaired) electrons. The Hall–Kier alpha value is -2.89. The fourth-order valence-corrected chi connectivity index (χ4v) is 2.78. The van der Waals surface area contributed by atoms with Gasteiger partial charge in [-0.25, -0.2) is 9.78 Å². The van der Waals surface area contributed by atoms with Gasteiger partial charge in [-0.15, -0.1) is 0 Å². The van der Waals surface area contributed by atoms with Crippen molar-refractivity contribution in [2.75, 3.05) is 12.4 Å². The van der Waals surface area contributed by atoms with Gasteiger partial charge in [0.25, 0.3) is 0 Å². The molecular weight excluding hydrogens is 314 g/mol. The van der Waals surface area contributed by atoms with Gasteiger partial charge < -0.3 is 15.2 Å². The fourth-order valence-electron chi connectivity index (χ4n) is 2.78. The van der Waals surface area contributed by atoms with E-state index in [1.54, 1.807) is 18.1 Å². The van der Waals surface area contributed by atoms with E-state index in [2.05, 4.69) is 20.3 Å². The van der Waals surface area contributed by atoms with Gasteiger partial charge in [-0.05, 0) is 50.6 Å². The number of nitrogens with zero attached hydrogens (tertiary/aromatic N) is 3. The molecule has 3 aromatic rings. The maximum atomic E-state index is 12.5. The van der Waals surface area contributed by atoms with E-state index in [1.165, 1.54) is 0 Å². The first-order valence-electron chi connectivity index (χ1n) is 8.34. The first-order chi connectivity index (χ1) is 11.9. The largest absolute Gasteiger partial charge is 0.342 e. The van der Waals surface area contributed by atoms with E-state index in [0.717, 1.165) is 40.2 Å². The van der Waals surface area contributed by atoms with Crippen LogP contribution in [0.1, 0.15) is 24.0 Å². The van der Waals surface area contributed by atoms with E-state index in [9.17, 15) is 4.79 Å². The number of rotatable bonds is 4. The number of likely N-dealkylation sites (N-methyl/N-ethyl adjacent to an activating group) is 1. The summed E-state index contributed by atoms with van der Waals surface area (Å²) in [6, 6.07) is 9.51. The van der Waals surface area contributed by atoms with Crippen LogP contribution in [-0.4, -0.2) is 39.0 Å². The molecule has 2 heterocycles. The monoisotopic (exact) mass is 337 g/mol. The van der Waals surface area contributed by atoms with Gasteiger partial charge in [0, 0.05) is 37.1 Å². The van der Waals surface area contributed by atoms with Gasteiger partial charge in [-0.2, -0.15) is 0 Å². The van der Waals surface area contributed by atoms with Crippen molar-refractivity contribution >= 4 is 22.8 Å². The Morgan fingerprint density at radius 2 is 2.12 bits per heavy atom. The highest BCUT2D eigenvalue weighted by atomic mass is 16.2. The van der Waals surface area contributed by atoms with E-state index in [1.807, 2.05) is 51.1 Å². The van der Waals surface area contributed by atoms with Crippen molar-refractivity contribution in [3.05, 3.63) is 53.6 Å². The molecule has 130 valence electrons. The molecule has 0 aliphatic carbocycles. The summed E-state index contributed by atoms with van der Waals surface area (Å²) >= 11 is 0. The Morgan fingerprint density at radius 3 is 2.88 bits per heavy atom. The second-order valence-electron chi connectivity index (χ2n) is 6.42. The minimum Gasteiger partial charge on any atom is -0.342 e. The lowest BCUT2D eigenvalue weighted by molar-refractivity contribution is 0.207. The SMILES string of the molecule is Cc1nc2ccc(NC(=O)N(C)[C@H](C)Cc3ncccc3C)cc2[nH]1. The maximum Gasteiger partial charge on any atom is 0.321 e. The Kier molecular flexibility index (Phi) is 4.70. The van der Waals surface area contributed by atoms with Gasteiger partial charge in [-0.1, -0.05) is 6.07 Å². The molecule has 3 rings (SSSR count). The first-order valence-corrected chi connectivity index (χ1v) is 8.34. The van der Waals surface area contributed by atoms with Crippen molar-refractivity contribution in [1.82, 2.24) is 19.9 Å². The molecule has 0 unspecified atom stereocenters. The van der Waals surface area contributed by atoms with Crippen LogP contribution in [0.2, 0.25) is 0 Å². The average molecular weight is 337 g/mol. The molecule has 2 aromatic heterocycles. The zero-order valence-corrected chi connectivity index (χ0v) is 15.0. The highest BCUT2D eigenvalue weighted by molar-refractivity contribution is 5.92. The van der Waals surface area contributed by atoms with Gasteiger partial charge in [0.05, 0.1) is 11.0 Å². The zero-order chi connectivity index (χ0) is 18.0. The third kappa shape index (κ3) is 3.79. The minimum atomic E-state index is -0.142. The summed E-state index contributed by atoms with van der Waals surface area (Å²) in [4.78, 5) is 26.2. The molecule has 1 aromatic carbocycles. The number of pyridine rings is 1. The number of anilines is 1. The van der Waals surface area contributed by atoms with Crippen LogP contribution in [0, 0.1) is 13.8 Å². The van der Waals surface area contributed by atoms with E-state index in [4.69, 9.17) is 0 Å². The molecule has 0 saturated carbocycles.